The van der Waals surface area contributed by atoms with Crippen LogP contribution in [0.25, 0.3) is 11.5 Å². The molecule has 0 amide bonds. The van der Waals surface area contributed by atoms with Crippen molar-refractivity contribution < 1.29 is 0 Å². The molecule has 0 saturated carbocycles. The van der Waals surface area contributed by atoms with Crippen LogP contribution in [-0.4, -0.2) is 15.0 Å². The fraction of sp³-hybridized carbons (Fsp3) is 0.250. The average Bonchev–Trinajstić information content (AvgIpc) is 2.32. The minimum Gasteiger partial charge on any atom is -0.250 e. The number of halogens is 2. The summed E-state index contributed by atoms with van der Waals surface area (Å²) in [5, 5.41) is 0.426. The number of pyridine rings is 1. The van der Waals surface area contributed by atoms with Gasteiger partial charge in [0, 0.05) is 5.69 Å². The van der Waals surface area contributed by atoms with E-state index in [2.05, 4.69) is 30.9 Å². The molecule has 3 nitrogen and oxygen atoms in total. The third kappa shape index (κ3) is 2.64. The fourth-order valence-electron chi connectivity index (χ4n) is 1.48. The van der Waals surface area contributed by atoms with Crippen molar-refractivity contribution in [2.24, 2.45) is 0 Å². The first-order chi connectivity index (χ1) is 8.11. The van der Waals surface area contributed by atoms with Gasteiger partial charge >= 0.3 is 0 Å². The minimum absolute atomic E-state index is 0.426. The smallest absolute Gasteiger partial charge is 0.179 e. The molecule has 0 atom stereocenters. The maximum absolute atomic E-state index is 6.06. The summed E-state index contributed by atoms with van der Waals surface area (Å²) in [5.74, 6) is 0.568. The molecule has 2 aromatic heterocycles. The summed E-state index contributed by atoms with van der Waals surface area (Å²) in [6, 6.07) is 5.75. The van der Waals surface area contributed by atoms with Gasteiger partial charge in [-0.05, 0) is 41.4 Å². The van der Waals surface area contributed by atoms with E-state index in [1.165, 1.54) is 0 Å². The zero-order chi connectivity index (χ0) is 12.4. The van der Waals surface area contributed by atoms with E-state index in [4.69, 9.17) is 11.6 Å². The van der Waals surface area contributed by atoms with Gasteiger partial charge in [-0.25, -0.2) is 15.0 Å². The van der Waals surface area contributed by atoms with Crippen LogP contribution in [0, 0.1) is 6.92 Å². The van der Waals surface area contributed by atoms with Crippen molar-refractivity contribution in [2.45, 2.75) is 20.3 Å². The zero-order valence-electron chi connectivity index (χ0n) is 9.54. The first kappa shape index (κ1) is 12.5. The van der Waals surface area contributed by atoms with E-state index < -0.39 is 0 Å². The summed E-state index contributed by atoms with van der Waals surface area (Å²) in [5.41, 5.74) is 2.57. The van der Waals surface area contributed by atoms with E-state index in [9.17, 15) is 0 Å². The third-order valence-electron chi connectivity index (χ3n) is 2.33. The highest BCUT2D eigenvalue weighted by atomic mass is 79.9. The van der Waals surface area contributed by atoms with Crippen molar-refractivity contribution in [2.75, 3.05) is 0 Å². The predicted octanol–water partition coefficient (Wildman–Crippen LogP) is 3.83. The number of aromatic nitrogens is 3. The van der Waals surface area contributed by atoms with E-state index in [0.29, 0.717) is 11.0 Å². The van der Waals surface area contributed by atoms with Crippen molar-refractivity contribution >= 4 is 27.5 Å². The van der Waals surface area contributed by atoms with Crippen molar-refractivity contribution in [1.29, 1.82) is 0 Å². The van der Waals surface area contributed by atoms with E-state index >= 15 is 0 Å². The maximum Gasteiger partial charge on any atom is 0.179 e. The number of rotatable bonds is 2. The van der Waals surface area contributed by atoms with Crippen molar-refractivity contribution in [3.8, 4) is 11.5 Å². The van der Waals surface area contributed by atoms with Crippen molar-refractivity contribution in [1.82, 2.24) is 15.0 Å². The first-order valence-corrected chi connectivity index (χ1v) is 6.45. The molecule has 0 saturated heterocycles. The van der Waals surface area contributed by atoms with Gasteiger partial charge in [-0.3, -0.25) is 0 Å². The Bertz CT molecular complexity index is 557. The summed E-state index contributed by atoms with van der Waals surface area (Å²) in [6.45, 7) is 3.96. The van der Waals surface area contributed by atoms with Crippen LogP contribution in [-0.2, 0) is 6.42 Å². The molecule has 0 unspecified atom stereocenters. The van der Waals surface area contributed by atoms with Gasteiger partial charge in [-0.1, -0.05) is 24.6 Å². The Kier molecular flexibility index (Phi) is 3.74. The Morgan fingerprint density at radius 3 is 2.65 bits per heavy atom. The van der Waals surface area contributed by atoms with Crippen LogP contribution < -0.4 is 0 Å². The number of hydrogen-bond acceptors (Lipinski definition) is 3. The lowest BCUT2D eigenvalue weighted by Gasteiger charge is -2.06. The summed E-state index contributed by atoms with van der Waals surface area (Å²) in [6.07, 6.45) is 0.793. The van der Waals surface area contributed by atoms with Crippen LogP contribution in [0.4, 0.5) is 0 Å². The zero-order valence-corrected chi connectivity index (χ0v) is 11.9. The lowest BCUT2D eigenvalue weighted by atomic mass is 10.2. The molecular formula is C12H11BrClN3. The standard InChI is InChI=1S/C12H11BrClN3/c1-3-8-10(13)11(14)17-12(16-8)9-6-4-5-7(2)15-9/h4-6H,3H2,1-2H3. The topological polar surface area (TPSA) is 38.7 Å². The molecule has 0 aromatic carbocycles. The Hall–Kier alpha value is -1.00. The van der Waals surface area contributed by atoms with Crippen LogP contribution in [0.2, 0.25) is 5.15 Å². The van der Waals surface area contributed by atoms with Crippen molar-refractivity contribution in [3.63, 3.8) is 0 Å². The molecule has 0 radical (unpaired) electrons. The lowest BCUT2D eigenvalue weighted by Crippen LogP contribution is -1.99. The normalized spacial score (nSPS) is 10.6. The van der Waals surface area contributed by atoms with E-state index in [-0.39, 0.29) is 0 Å². The van der Waals surface area contributed by atoms with Gasteiger partial charge in [0.25, 0.3) is 0 Å². The van der Waals surface area contributed by atoms with Gasteiger partial charge in [0.2, 0.25) is 0 Å². The van der Waals surface area contributed by atoms with E-state index in [0.717, 1.165) is 28.0 Å². The molecule has 0 aliphatic carbocycles. The molecule has 2 aromatic rings. The van der Waals surface area contributed by atoms with Gasteiger partial charge in [0.1, 0.15) is 10.8 Å². The number of aryl methyl sites for hydroxylation is 2. The van der Waals surface area contributed by atoms with Gasteiger partial charge in [0.05, 0.1) is 10.2 Å². The second-order valence-corrected chi connectivity index (χ2v) is 4.77. The Balaban J connectivity index is 2.56. The molecule has 2 heterocycles. The summed E-state index contributed by atoms with van der Waals surface area (Å²) >= 11 is 9.45. The highest BCUT2D eigenvalue weighted by Gasteiger charge is 2.11. The second kappa shape index (κ2) is 5.10. The summed E-state index contributed by atoms with van der Waals surface area (Å²) in [4.78, 5) is 13.1. The number of hydrogen-bond donors (Lipinski definition) is 0. The molecule has 17 heavy (non-hydrogen) atoms. The Morgan fingerprint density at radius 1 is 1.24 bits per heavy atom. The number of nitrogens with zero attached hydrogens (tertiary/aromatic N) is 3. The van der Waals surface area contributed by atoms with Crippen molar-refractivity contribution in [3.05, 3.63) is 39.2 Å². The molecule has 0 N–H and O–H groups in total. The second-order valence-electron chi connectivity index (χ2n) is 3.62. The van der Waals surface area contributed by atoms with Crippen LogP contribution in [0.3, 0.4) is 0 Å². The molecule has 5 heteroatoms. The molecular weight excluding hydrogens is 302 g/mol. The van der Waals surface area contributed by atoms with E-state index in [1.54, 1.807) is 0 Å². The average molecular weight is 313 g/mol. The lowest BCUT2D eigenvalue weighted by molar-refractivity contribution is 0.981. The van der Waals surface area contributed by atoms with Gasteiger partial charge < -0.3 is 0 Å². The molecule has 2 rings (SSSR count). The van der Waals surface area contributed by atoms with Gasteiger partial charge in [-0.15, -0.1) is 0 Å². The maximum atomic E-state index is 6.06. The Labute approximate surface area is 113 Å². The summed E-state index contributed by atoms with van der Waals surface area (Å²) in [7, 11) is 0. The molecule has 88 valence electrons. The quantitative estimate of drug-likeness (QED) is 0.791. The monoisotopic (exact) mass is 311 g/mol. The molecule has 0 bridgehead atoms. The first-order valence-electron chi connectivity index (χ1n) is 5.27. The molecule has 0 aliphatic heterocycles. The Morgan fingerprint density at radius 2 is 2.00 bits per heavy atom. The predicted molar refractivity (Wildman–Crippen MR) is 72.1 cm³/mol. The minimum atomic E-state index is 0.426. The highest BCUT2D eigenvalue weighted by Crippen LogP contribution is 2.26. The highest BCUT2D eigenvalue weighted by molar-refractivity contribution is 9.10. The van der Waals surface area contributed by atoms with E-state index in [1.807, 2.05) is 32.0 Å². The largest absolute Gasteiger partial charge is 0.250 e. The van der Waals surface area contributed by atoms with Crippen LogP contribution in [0.15, 0.2) is 22.7 Å². The van der Waals surface area contributed by atoms with Gasteiger partial charge in [-0.2, -0.15) is 0 Å². The molecule has 0 spiro atoms. The van der Waals surface area contributed by atoms with Gasteiger partial charge in [0.15, 0.2) is 5.82 Å². The molecule has 0 fully saturated rings. The van der Waals surface area contributed by atoms with Crippen LogP contribution in [0.5, 0.6) is 0 Å². The van der Waals surface area contributed by atoms with Crippen LogP contribution >= 0.6 is 27.5 Å². The third-order valence-corrected chi connectivity index (χ3v) is 3.67. The fourth-order valence-corrected chi connectivity index (χ4v) is 2.13. The van der Waals surface area contributed by atoms with Crippen LogP contribution in [0.1, 0.15) is 18.3 Å². The molecule has 0 aliphatic rings. The summed E-state index contributed by atoms with van der Waals surface area (Å²) < 4.78 is 0.762. The SMILES string of the molecule is CCc1nc(-c2cccc(C)n2)nc(Cl)c1Br.